The lowest BCUT2D eigenvalue weighted by atomic mass is 9.91. The Kier molecular flexibility index (Phi) is 2.24. The molecule has 0 saturated heterocycles. The second kappa shape index (κ2) is 3.68. The van der Waals surface area contributed by atoms with Crippen molar-refractivity contribution >= 4 is 29.2 Å². The first-order valence-electron chi connectivity index (χ1n) is 5.31. The van der Waals surface area contributed by atoms with E-state index in [1.807, 2.05) is 0 Å². The lowest BCUT2D eigenvalue weighted by molar-refractivity contribution is -0.669. The van der Waals surface area contributed by atoms with E-state index >= 15 is 0 Å². The van der Waals surface area contributed by atoms with Gasteiger partial charge in [0, 0.05) is 11.1 Å². The number of aldehydes is 1. The van der Waals surface area contributed by atoms with Crippen molar-refractivity contribution in [3.05, 3.63) is 51.0 Å². The van der Waals surface area contributed by atoms with Crippen LogP contribution in [0.3, 0.4) is 0 Å². The van der Waals surface area contributed by atoms with Gasteiger partial charge in [0.25, 0.3) is 11.5 Å². The Bertz CT molecular complexity index is 715. The normalized spacial score (nSPS) is 13.2. The molecule has 88 valence electrons. The molecule has 0 atom stereocenters. The van der Waals surface area contributed by atoms with E-state index < -0.39 is 0 Å². The van der Waals surface area contributed by atoms with Gasteiger partial charge in [-0.15, -0.1) is 0 Å². The fraction of sp³-hybridized carbons (Fsp3) is 0.0769. The first kappa shape index (κ1) is 11.0. The Morgan fingerprint density at radius 2 is 1.72 bits per heavy atom. The molecule has 1 heterocycles. The zero-order valence-corrected chi connectivity index (χ0v) is 10.3. The molecule has 0 bridgehead atoms. The molecule has 0 spiro atoms. The number of aromatic nitrogens is 1. The molecule has 0 N–H and O–H groups in total. The zero-order chi connectivity index (χ0) is 12.9. The highest BCUT2D eigenvalue weighted by Gasteiger charge is 2.40. The molecule has 3 rings (SSSR count). The second-order valence-electron chi connectivity index (χ2n) is 4.00. The summed E-state index contributed by atoms with van der Waals surface area (Å²) in [6, 6.07) is 6.72. The number of nitrogens with zero attached hydrogens (tertiary/aromatic N) is 1. The third-order valence-corrected chi connectivity index (χ3v) is 4.19. The van der Waals surface area contributed by atoms with Gasteiger partial charge in [-0.1, -0.05) is 35.6 Å². The molecule has 0 unspecified atom stereocenters. The summed E-state index contributed by atoms with van der Waals surface area (Å²) >= 11 is 1.06. The van der Waals surface area contributed by atoms with Crippen LogP contribution < -0.4 is 4.57 Å². The molecule has 0 saturated carbocycles. The van der Waals surface area contributed by atoms with Crippen molar-refractivity contribution < 1.29 is 19.0 Å². The van der Waals surface area contributed by atoms with Gasteiger partial charge in [0.05, 0.1) is 0 Å². The van der Waals surface area contributed by atoms with Crippen molar-refractivity contribution in [2.24, 2.45) is 7.05 Å². The molecule has 2 aromatic rings. The van der Waals surface area contributed by atoms with Crippen LogP contribution in [0.25, 0.3) is 0 Å². The minimum absolute atomic E-state index is 0.186. The standard InChI is InChI=1S/C13H8NO3S/c1-14-9(6-15)18-13-10(14)11(16)7-4-2-3-5-8(7)12(13)17/h2-6H,1H3/q+1. The Balaban J connectivity index is 2.35. The summed E-state index contributed by atoms with van der Waals surface area (Å²) in [4.78, 5) is 35.8. The van der Waals surface area contributed by atoms with Gasteiger partial charge >= 0.3 is 5.01 Å². The highest BCUT2D eigenvalue weighted by Crippen LogP contribution is 2.29. The van der Waals surface area contributed by atoms with Gasteiger partial charge in [-0.25, -0.2) is 0 Å². The van der Waals surface area contributed by atoms with Gasteiger partial charge in [0.15, 0.2) is 4.88 Å². The van der Waals surface area contributed by atoms with Crippen molar-refractivity contribution in [3.8, 4) is 0 Å². The summed E-state index contributed by atoms with van der Waals surface area (Å²) in [7, 11) is 1.62. The Labute approximate surface area is 106 Å². The maximum atomic E-state index is 12.3. The topological polar surface area (TPSA) is 55.1 Å². The number of carbonyl (C=O) groups excluding carboxylic acids is 3. The van der Waals surface area contributed by atoms with Crippen LogP contribution >= 0.6 is 11.3 Å². The van der Waals surface area contributed by atoms with E-state index in [1.54, 1.807) is 31.3 Å². The van der Waals surface area contributed by atoms with Crippen LogP contribution in [0.15, 0.2) is 24.3 Å². The fourth-order valence-electron chi connectivity index (χ4n) is 2.13. The number of benzene rings is 1. The number of ketones is 2. The smallest absolute Gasteiger partial charge is 0.290 e. The van der Waals surface area contributed by atoms with Crippen LogP contribution in [-0.4, -0.2) is 17.9 Å². The van der Waals surface area contributed by atoms with Crippen LogP contribution in [0.2, 0.25) is 0 Å². The van der Waals surface area contributed by atoms with Crippen molar-refractivity contribution in [1.29, 1.82) is 0 Å². The molecular formula is C13H8NO3S+. The average molecular weight is 258 g/mol. The van der Waals surface area contributed by atoms with Crippen molar-refractivity contribution in [1.82, 2.24) is 0 Å². The zero-order valence-electron chi connectivity index (χ0n) is 9.47. The number of thiazole rings is 1. The summed E-state index contributed by atoms with van der Waals surface area (Å²) < 4.78 is 1.49. The minimum atomic E-state index is -0.202. The minimum Gasteiger partial charge on any atom is -0.290 e. The van der Waals surface area contributed by atoms with E-state index in [0.717, 1.165) is 11.3 Å². The summed E-state index contributed by atoms with van der Waals surface area (Å²) in [5.74, 6) is -0.388. The second-order valence-corrected chi connectivity index (χ2v) is 5.03. The maximum Gasteiger partial charge on any atom is 0.303 e. The Morgan fingerprint density at radius 1 is 1.11 bits per heavy atom. The predicted octanol–water partition coefficient (Wildman–Crippen LogP) is 1.16. The van der Waals surface area contributed by atoms with Gasteiger partial charge in [0.1, 0.15) is 7.05 Å². The Morgan fingerprint density at radius 3 is 2.33 bits per heavy atom. The number of carbonyl (C=O) groups is 3. The van der Waals surface area contributed by atoms with Crippen LogP contribution in [-0.2, 0) is 7.05 Å². The first-order valence-corrected chi connectivity index (χ1v) is 6.13. The Hall–Kier alpha value is -2.14. The first-order chi connectivity index (χ1) is 8.65. The molecule has 0 aliphatic heterocycles. The third kappa shape index (κ3) is 1.25. The highest BCUT2D eigenvalue weighted by atomic mass is 32.1. The largest absolute Gasteiger partial charge is 0.303 e. The van der Waals surface area contributed by atoms with Crippen molar-refractivity contribution in [3.63, 3.8) is 0 Å². The molecule has 0 fully saturated rings. The van der Waals surface area contributed by atoms with Gasteiger partial charge in [0.2, 0.25) is 12.1 Å². The van der Waals surface area contributed by atoms with Gasteiger partial charge in [-0.05, 0) is 0 Å². The molecular weight excluding hydrogens is 250 g/mol. The SMILES string of the molecule is C[n+]1c(C=O)sc2c1C(=O)c1ccccc1C2=O. The third-order valence-electron chi connectivity index (χ3n) is 3.03. The average Bonchev–Trinajstić information content (AvgIpc) is 2.73. The maximum absolute atomic E-state index is 12.3. The fourth-order valence-corrected chi connectivity index (χ4v) is 3.14. The molecule has 4 nitrogen and oxygen atoms in total. The van der Waals surface area contributed by atoms with Crippen LogP contribution in [0.1, 0.15) is 41.1 Å². The van der Waals surface area contributed by atoms with Crippen molar-refractivity contribution in [2.45, 2.75) is 0 Å². The summed E-state index contributed by atoms with van der Waals surface area (Å²) in [5, 5.41) is 0.370. The van der Waals surface area contributed by atoms with Gasteiger partial charge in [-0.3, -0.25) is 14.4 Å². The number of rotatable bonds is 1. The quantitative estimate of drug-likeness (QED) is 0.486. The molecule has 1 aliphatic rings. The molecule has 18 heavy (non-hydrogen) atoms. The van der Waals surface area contributed by atoms with Gasteiger partial charge < -0.3 is 0 Å². The molecule has 0 radical (unpaired) electrons. The van der Waals surface area contributed by atoms with Crippen LogP contribution in [0.5, 0.6) is 0 Å². The lowest BCUT2D eigenvalue weighted by Gasteiger charge is -2.10. The van der Waals surface area contributed by atoms with E-state index in [9.17, 15) is 14.4 Å². The molecule has 1 aromatic heterocycles. The molecule has 0 amide bonds. The van der Waals surface area contributed by atoms with Crippen LogP contribution in [0.4, 0.5) is 0 Å². The summed E-state index contributed by atoms with van der Waals surface area (Å²) in [6.45, 7) is 0. The number of hydrogen-bond donors (Lipinski definition) is 0. The highest BCUT2D eigenvalue weighted by molar-refractivity contribution is 7.15. The van der Waals surface area contributed by atoms with E-state index in [4.69, 9.17) is 0 Å². The van der Waals surface area contributed by atoms with E-state index in [2.05, 4.69) is 0 Å². The van der Waals surface area contributed by atoms with E-state index in [-0.39, 0.29) is 11.6 Å². The number of fused-ring (bicyclic) bond motifs is 2. The predicted molar refractivity (Wildman–Crippen MR) is 64.2 cm³/mol. The van der Waals surface area contributed by atoms with E-state index in [1.165, 1.54) is 4.57 Å². The van der Waals surface area contributed by atoms with E-state index in [0.29, 0.717) is 33.0 Å². The number of hydrogen-bond acceptors (Lipinski definition) is 4. The van der Waals surface area contributed by atoms with Gasteiger partial charge in [-0.2, -0.15) is 4.57 Å². The molecule has 1 aromatic carbocycles. The van der Waals surface area contributed by atoms with Crippen molar-refractivity contribution in [2.75, 3.05) is 0 Å². The lowest BCUT2D eigenvalue weighted by Crippen LogP contribution is -2.39. The van der Waals surface area contributed by atoms with Crippen LogP contribution in [0, 0.1) is 0 Å². The summed E-state index contributed by atoms with van der Waals surface area (Å²) in [6.07, 6.45) is 0.661. The summed E-state index contributed by atoms with van der Waals surface area (Å²) in [5.41, 5.74) is 1.13. The molecule has 5 heteroatoms. The molecule has 1 aliphatic carbocycles. The monoisotopic (exact) mass is 258 g/mol.